The lowest BCUT2D eigenvalue weighted by Crippen LogP contribution is -2.60. The smallest absolute Gasteiger partial charge is 0.329 e. The van der Waals surface area contributed by atoms with E-state index in [1.807, 2.05) is 0 Å². The van der Waals surface area contributed by atoms with Gasteiger partial charge in [-0.1, -0.05) is 0 Å². The molecule has 0 spiro atoms. The number of imide groups is 1. The molecule has 2 unspecified atom stereocenters. The van der Waals surface area contributed by atoms with Crippen molar-refractivity contribution in [3.63, 3.8) is 0 Å². The number of nitrogens with one attached hydrogen (secondary N) is 1. The minimum absolute atomic E-state index is 0.184. The van der Waals surface area contributed by atoms with Crippen molar-refractivity contribution >= 4 is 17.6 Å². The molecule has 0 aliphatic carbocycles. The highest BCUT2D eigenvalue weighted by atomic mass is 19.1. The van der Waals surface area contributed by atoms with Crippen LogP contribution in [0.3, 0.4) is 0 Å². The zero-order chi connectivity index (χ0) is 13.6. The number of hydrogen-bond acceptors (Lipinski definition) is 3. The number of ether oxygens (including phenoxy) is 1. The maximum atomic E-state index is 13.7. The van der Waals surface area contributed by atoms with Crippen LogP contribution in [-0.2, 0) is 9.53 Å². The van der Waals surface area contributed by atoms with Gasteiger partial charge in [0, 0.05) is 6.07 Å². The SMILES string of the molecule is O=C1NC2COCC2C(=O)N1c1ccc(F)cc1F. The van der Waals surface area contributed by atoms with Crippen molar-refractivity contribution in [1.29, 1.82) is 0 Å². The van der Waals surface area contributed by atoms with Crippen LogP contribution in [0, 0.1) is 17.6 Å². The molecule has 100 valence electrons. The predicted molar refractivity (Wildman–Crippen MR) is 60.5 cm³/mol. The Morgan fingerprint density at radius 1 is 1.26 bits per heavy atom. The number of amides is 3. The van der Waals surface area contributed by atoms with E-state index in [2.05, 4.69) is 5.32 Å². The number of hydrogen-bond donors (Lipinski definition) is 1. The van der Waals surface area contributed by atoms with Crippen LogP contribution in [-0.4, -0.2) is 31.2 Å². The molecule has 3 rings (SSSR count). The van der Waals surface area contributed by atoms with Gasteiger partial charge in [0.25, 0.3) is 0 Å². The Balaban J connectivity index is 1.99. The lowest BCUT2D eigenvalue weighted by molar-refractivity contribution is -0.122. The Labute approximate surface area is 107 Å². The first-order chi connectivity index (χ1) is 9.08. The van der Waals surface area contributed by atoms with Crippen molar-refractivity contribution in [2.75, 3.05) is 18.1 Å². The summed E-state index contributed by atoms with van der Waals surface area (Å²) in [5, 5.41) is 2.58. The van der Waals surface area contributed by atoms with Gasteiger partial charge in [0.2, 0.25) is 5.91 Å². The molecule has 1 aromatic rings. The number of urea groups is 1. The Bertz CT molecular complexity index is 564. The fourth-order valence-corrected chi connectivity index (χ4v) is 2.32. The summed E-state index contributed by atoms with van der Waals surface area (Å²) in [4.78, 5) is 24.7. The van der Waals surface area contributed by atoms with E-state index in [4.69, 9.17) is 4.74 Å². The van der Waals surface area contributed by atoms with Crippen LogP contribution in [0.2, 0.25) is 0 Å². The lowest BCUT2D eigenvalue weighted by atomic mass is 9.99. The molecule has 1 aromatic carbocycles. The van der Waals surface area contributed by atoms with E-state index in [1.165, 1.54) is 0 Å². The molecular formula is C12H10F2N2O3. The Hall–Kier alpha value is -2.02. The molecule has 0 saturated carbocycles. The number of fused-ring (bicyclic) bond motifs is 1. The third-order valence-corrected chi connectivity index (χ3v) is 3.28. The summed E-state index contributed by atoms with van der Waals surface area (Å²) in [7, 11) is 0. The van der Waals surface area contributed by atoms with Gasteiger partial charge in [-0.05, 0) is 12.1 Å². The average Bonchev–Trinajstić information content (AvgIpc) is 2.80. The molecule has 3 amide bonds. The van der Waals surface area contributed by atoms with Crippen molar-refractivity contribution in [1.82, 2.24) is 5.32 Å². The largest absolute Gasteiger partial charge is 0.378 e. The molecule has 0 aromatic heterocycles. The van der Waals surface area contributed by atoms with Crippen molar-refractivity contribution in [2.24, 2.45) is 5.92 Å². The summed E-state index contributed by atoms with van der Waals surface area (Å²) in [6.07, 6.45) is 0. The Kier molecular flexibility index (Phi) is 2.70. The summed E-state index contributed by atoms with van der Waals surface area (Å²) < 4.78 is 31.7. The third-order valence-electron chi connectivity index (χ3n) is 3.28. The number of benzene rings is 1. The van der Waals surface area contributed by atoms with Crippen LogP contribution in [0.4, 0.5) is 19.3 Å². The number of carbonyl (C=O) groups is 2. The van der Waals surface area contributed by atoms with Crippen LogP contribution in [0.5, 0.6) is 0 Å². The highest BCUT2D eigenvalue weighted by Gasteiger charge is 2.45. The van der Waals surface area contributed by atoms with E-state index < -0.39 is 29.5 Å². The van der Waals surface area contributed by atoms with Gasteiger partial charge in [-0.25, -0.2) is 18.5 Å². The molecule has 2 saturated heterocycles. The molecule has 2 atom stereocenters. The van der Waals surface area contributed by atoms with Crippen LogP contribution >= 0.6 is 0 Å². The average molecular weight is 268 g/mol. The van der Waals surface area contributed by atoms with Crippen LogP contribution < -0.4 is 10.2 Å². The van der Waals surface area contributed by atoms with Gasteiger partial charge >= 0.3 is 6.03 Å². The van der Waals surface area contributed by atoms with Crippen LogP contribution in [0.25, 0.3) is 0 Å². The van der Waals surface area contributed by atoms with E-state index in [9.17, 15) is 18.4 Å². The van der Waals surface area contributed by atoms with Gasteiger partial charge in [-0.3, -0.25) is 4.79 Å². The Morgan fingerprint density at radius 3 is 2.79 bits per heavy atom. The standard InChI is InChI=1S/C12H10F2N2O3/c13-6-1-2-10(8(14)3-6)16-11(17)7-4-19-5-9(7)15-12(16)18/h1-3,7,9H,4-5H2,(H,15,18). The maximum absolute atomic E-state index is 13.7. The zero-order valence-electron chi connectivity index (χ0n) is 9.73. The lowest BCUT2D eigenvalue weighted by Gasteiger charge is -2.32. The van der Waals surface area contributed by atoms with E-state index in [0.717, 1.165) is 12.1 Å². The summed E-state index contributed by atoms with van der Waals surface area (Å²) in [6.45, 7) is 0.449. The highest BCUT2D eigenvalue weighted by molar-refractivity contribution is 6.17. The fourth-order valence-electron chi connectivity index (χ4n) is 2.32. The second-order valence-corrected chi connectivity index (χ2v) is 4.47. The van der Waals surface area contributed by atoms with E-state index in [1.54, 1.807) is 0 Å². The zero-order valence-corrected chi connectivity index (χ0v) is 9.73. The van der Waals surface area contributed by atoms with Gasteiger partial charge in [0.05, 0.1) is 30.9 Å². The van der Waals surface area contributed by atoms with E-state index in [-0.39, 0.29) is 24.9 Å². The quantitative estimate of drug-likeness (QED) is 0.827. The van der Waals surface area contributed by atoms with Gasteiger partial charge in [-0.15, -0.1) is 0 Å². The number of carbonyl (C=O) groups excluding carboxylic acids is 2. The van der Waals surface area contributed by atoms with Gasteiger partial charge in [0.15, 0.2) is 0 Å². The van der Waals surface area contributed by atoms with E-state index in [0.29, 0.717) is 11.0 Å². The molecule has 5 nitrogen and oxygen atoms in total. The summed E-state index contributed by atoms with van der Waals surface area (Å²) >= 11 is 0. The molecule has 19 heavy (non-hydrogen) atoms. The number of nitrogens with zero attached hydrogens (tertiary/aromatic N) is 1. The molecule has 1 N–H and O–H groups in total. The fraction of sp³-hybridized carbons (Fsp3) is 0.333. The molecule has 7 heteroatoms. The summed E-state index contributed by atoms with van der Waals surface area (Å²) in [5.74, 6) is -2.78. The number of halogens is 2. The number of anilines is 1. The molecular weight excluding hydrogens is 258 g/mol. The first kappa shape index (κ1) is 12.0. The molecule has 0 radical (unpaired) electrons. The monoisotopic (exact) mass is 268 g/mol. The van der Waals surface area contributed by atoms with Gasteiger partial charge < -0.3 is 10.1 Å². The minimum Gasteiger partial charge on any atom is -0.378 e. The summed E-state index contributed by atoms with van der Waals surface area (Å²) in [5.41, 5.74) is -0.255. The van der Waals surface area contributed by atoms with Crippen molar-refractivity contribution in [2.45, 2.75) is 6.04 Å². The van der Waals surface area contributed by atoms with Crippen LogP contribution in [0.15, 0.2) is 18.2 Å². The van der Waals surface area contributed by atoms with Gasteiger partial charge in [0.1, 0.15) is 11.6 Å². The van der Waals surface area contributed by atoms with E-state index >= 15 is 0 Å². The molecule has 2 heterocycles. The molecule has 2 aliphatic rings. The highest BCUT2D eigenvalue weighted by Crippen LogP contribution is 2.28. The molecule has 0 bridgehead atoms. The summed E-state index contributed by atoms with van der Waals surface area (Å²) in [6, 6.07) is 1.60. The maximum Gasteiger partial charge on any atom is 0.329 e. The predicted octanol–water partition coefficient (Wildman–Crippen LogP) is 1.04. The van der Waals surface area contributed by atoms with Crippen molar-refractivity contribution in [3.8, 4) is 0 Å². The molecule has 2 aliphatic heterocycles. The second kappa shape index (κ2) is 4.27. The second-order valence-electron chi connectivity index (χ2n) is 4.47. The van der Waals surface area contributed by atoms with Gasteiger partial charge in [-0.2, -0.15) is 0 Å². The minimum atomic E-state index is -0.958. The number of rotatable bonds is 1. The first-order valence-electron chi connectivity index (χ1n) is 5.75. The molecule has 2 fully saturated rings. The third kappa shape index (κ3) is 1.86. The first-order valence-corrected chi connectivity index (χ1v) is 5.75. The normalized spacial score (nSPS) is 26.3. The Morgan fingerprint density at radius 2 is 2.05 bits per heavy atom. The van der Waals surface area contributed by atoms with Crippen molar-refractivity contribution < 1.29 is 23.1 Å². The van der Waals surface area contributed by atoms with Crippen molar-refractivity contribution in [3.05, 3.63) is 29.8 Å². The topological polar surface area (TPSA) is 58.6 Å². The van der Waals surface area contributed by atoms with Crippen LogP contribution in [0.1, 0.15) is 0 Å².